The highest BCUT2D eigenvalue weighted by Gasteiger charge is 2.45. The van der Waals surface area contributed by atoms with Crippen LogP contribution in [0.15, 0.2) is 30.0 Å². The van der Waals surface area contributed by atoms with Crippen LogP contribution in [0, 0.1) is 17.5 Å². The molecule has 0 saturated carbocycles. The van der Waals surface area contributed by atoms with Crippen LogP contribution in [0.2, 0.25) is 0 Å². The van der Waals surface area contributed by atoms with Crippen LogP contribution in [0.25, 0.3) is 5.57 Å². The van der Waals surface area contributed by atoms with Crippen LogP contribution in [0.1, 0.15) is 42.5 Å². The van der Waals surface area contributed by atoms with Gasteiger partial charge in [-0.3, -0.25) is 9.29 Å². The van der Waals surface area contributed by atoms with E-state index in [9.17, 15) is 22.7 Å². The van der Waals surface area contributed by atoms with E-state index in [0.29, 0.717) is 29.7 Å². The summed E-state index contributed by atoms with van der Waals surface area (Å²) >= 11 is 0. The molecule has 1 aromatic carbocycles. The third-order valence-electron chi connectivity index (χ3n) is 6.79. The second-order valence-corrected chi connectivity index (χ2v) is 9.40. The van der Waals surface area contributed by atoms with Crippen LogP contribution in [-0.2, 0) is 6.42 Å². The number of fused-ring (bicyclic) bond motifs is 2. The fraction of sp³-hybridized carbons (Fsp3) is 0.500. The lowest BCUT2D eigenvalue weighted by atomic mass is 9.84. The molecule has 2 aliphatic rings. The molecule has 0 radical (unpaired) electrons. The third-order valence-corrected chi connectivity index (χ3v) is 6.79. The molecule has 202 valence electrons. The monoisotopic (exact) mass is 529 g/mol. The Kier molecular flexibility index (Phi) is 8.45. The summed E-state index contributed by atoms with van der Waals surface area (Å²) in [6.45, 7) is -0.564. The molecule has 0 spiro atoms. The van der Waals surface area contributed by atoms with Crippen LogP contribution < -0.4 is 10.1 Å². The van der Waals surface area contributed by atoms with E-state index in [-0.39, 0.29) is 26.0 Å². The number of aliphatic hydroxyl groups excluding tert-OH is 1. The third kappa shape index (κ3) is 5.78. The predicted molar refractivity (Wildman–Crippen MR) is 126 cm³/mol. The predicted octanol–water partition coefficient (Wildman–Crippen LogP) is 4.60. The van der Waals surface area contributed by atoms with Gasteiger partial charge in [-0.05, 0) is 67.1 Å². The zero-order chi connectivity index (χ0) is 26.7. The van der Waals surface area contributed by atoms with E-state index in [2.05, 4.69) is 10.3 Å². The number of aromatic nitrogens is 1. The maximum atomic E-state index is 15.8. The first-order valence-corrected chi connectivity index (χ1v) is 12.2. The molecule has 0 fully saturated rings. The summed E-state index contributed by atoms with van der Waals surface area (Å²) < 4.78 is 91.5. The number of aliphatic hydroxyl groups is 1. The standard InChI is InChI=1S/C26H29F6N3O2/c1-15-9-19-18-11-17(28)4-3-16(18)10-20(19)24(35(15)13-26(31,32)14-36)22-21(29)12-34-25(23(22)30)37-8-7-33-6-2-5-27/h3-4,11-12,15,24,33,36H,2,5-10,13-14H2,1H3/t15-,24+/m1/s1. The van der Waals surface area contributed by atoms with E-state index in [1.807, 2.05) is 0 Å². The first kappa shape index (κ1) is 27.4. The highest BCUT2D eigenvalue weighted by molar-refractivity contribution is 5.79. The molecule has 11 heteroatoms. The van der Waals surface area contributed by atoms with Crippen molar-refractivity contribution in [3.05, 3.63) is 64.1 Å². The molecular weight excluding hydrogens is 500 g/mol. The molecule has 2 atom stereocenters. The molecule has 2 N–H and O–H groups in total. The Balaban J connectivity index is 1.73. The number of pyridine rings is 1. The van der Waals surface area contributed by atoms with Gasteiger partial charge in [-0.15, -0.1) is 0 Å². The summed E-state index contributed by atoms with van der Waals surface area (Å²) in [7, 11) is 0. The van der Waals surface area contributed by atoms with Gasteiger partial charge >= 0.3 is 0 Å². The van der Waals surface area contributed by atoms with Crippen molar-refractivity contribution in [1.82, 2.24) is 15.2 Å². The van der Waals surface area contributed by atoms with E-state index >= 15 is 8.78 Å². The maximum absolute atomic E-state index is 15.8. The van der Waals surface area contributed by atoms with Crippen LogP contribution in [0.3, 0.4) is 0 Å². The fourth-order valence-corrected chi connectivity index (χ4v) is 5.09. The van der Waals surface area contributed by atoms with Crippen molar-refractivity contribution in [2.45, 2.75) is 44.2 Å². The molecule has 0 unspecified atom stereocenters. The van der Waals surface area contributed by atoms with Crippen molar-refractivity contribution in [3.63, 3.8) is 0 Å². The van der Waals surface area contributed by atoms with E-state index in [1.165, 1.54) is 17.0 Å². The lowest BCUT2D eigenvalue weighted by molar-refractivity contribution is -0.0862. The number of rotatable bonds is 11. The Hall–Kier alpha value is -2.63. The molecule has 0 saturated heterocycles. The Morgan fingerprint density at radius 3 is 2.73 bits per heavy atom. The van der Waals surface area contributed by atoms with E-state index in [0.717, 1.165) is 11.8 Å². The second-order valence-electron chi connectivity index (χ2n) is 9.40. The Morgan fingerprint density at radius 2 is 2.00 bits per heavy atom. The van der Waals surface area contributed by atoms with Gasteiger partial charge in [0.2, 0.25) is 0 Å². The Bertz CT molecular complexity index is 1160. The van der Waals surface area contributed by atoms with Gasteiger partial charge < -0.3 is 15.2 Å². The molecule has 2 aromatic rings. The number of nitrogens with zero attached hydrogens (tertiary/aromatic N) is 2. The van der Waals surface area contributed by atoms with Crippen molar-refractivity contribution in [2.24, 2.45) is 0 Å². The highest BCUT2D eigenvalue weighted by atomic mass is 19.3. The molecule has 1 aromatic heterocycles. The first-order valence-electron chi connectivity index (χ1n) is 12.2. The van der Waals surface area contributed by atoms with Gasteiger partial charge in [0.25, 0.3) is 11.8 Å². The number of hydrogen-bond acceptors (Lipinski definition) is 5. The van der Waals surface area contributed by atoms with Gasteiger partial charge in [0.05, 0.1) is 31.0 Å². The molecule has 2 heterocycles. The zero-order valence-corrected chi connectivity index (χ0v) is 20.3. The van der Waals surface area contributed by atoms with Crippen molar-refractivity contribution < 1.29 is 36.2 Å². The molecule has 0 amide bonds. The number of benzene rings is 1. The summed E-state index contributed by atoms with van der Waals surface area (Å²) in [5.41, 5.74) is 2.02. The molecule has 1 aliphatic heterocycles. The van der Waals surface area contributed by atoms with Crippen molar-refractivity contribution in [3.8, 4) is 5.88 Å². The zero-order valence-electron chi connectivity index (χ0n) is 20.3. The van der Waals surface area contributed by atoms with Gasteiger partial charge in [-0.1, -0.05) is 6.07 Å². The quantitative estimate of drug-likeness (QED) is 0.329. The number of hydrogen-bond donors (Lipinski definition) is 2. The largest absolute Gasteiger partial charge is 0.474 e. The van der Waals surface area contributed by atoms with E-state index < -0.39 is 66.7 Å². The maximum Gasteiger partial charge on any atom is 0.283 e. The van der Waals surface area contributed by atoms with Gasteiger partial charge in [0.15, 0.2) is 5.82 Å². The highest BCUT2D eigenvalue weighted by Crippen LogP contribution is 2.50. The van der Waals surface area contributed by atoms with Crippen molar-refractivity contribution in [1.29, 1.82) is 0 Å². The molecule has 4 rings (SSSR count). The van der Waals surface area contributed by atoms with Crippen LogP contribution in [0.4, 0.5) is 26.3 Å². The summed E-state index contributed by atoms with van der Waals surface area (Å²) in [6.07, 6.45) is 1.57. The van der Waals surface area contributed by atoms with Gasteiger partial charge in [0.1, 0.15) is 24.8 Å². The Morgan fingerprint density at radius 1 is 1.22 bits per heavy atom. The number of alkyl halides is 3. The van der Waals surface area contributed by atoms with Gasteiger partial charge in [-0.2, -0.15) is 0 Å². The average Bonchev–Trinajstić information content (AvgIpc) is 3.21. The summed E-state index contributed by atoms with van der Waals surface area (Å²) in [5, 5.41) is 12.1. The van der Waals surface area contributed by atoms with Crippen molar-refractivity contribution >= 4 is 5.57 Å². The lowest BCUT2D eigenvalue weighted by Gasteiger charge is -2.43. The molecular formula is C26H29F6N3O2. The fourth-order valence-electron chi connectivity index (χ4n) is 5.09. The lowest BCUT2D eigenvalue weighted by Crippen LogP contribution is -2.48. The van der Waals surface area contributed by atoms with Gasteiger partial charge in [0, 0.05) is 12.6 Å². The Labute approximate surface area is 211 Å². The number of nitrogens with one attached hydrogen (secondary N) is 1. The summed E-state index contributed by atoms with van der Waals surface area (Å²) in [6, 6.07) is 2.37. The van der Waals surface area contributed by atoms with E-state index in [4.69, 9.17) is 4.74 Å². The van der Waals surface area contributed by atoms with Crippen LogP contribution in [0.5, 0.6) is 5.88 Å². The minimum Gasteiger partial charge on any atom is -0.474 e. The minimum atomic E-state index is -3.52. The van der Waals surface area contributed by atoms with Crippen LogP contribution >= 0.6 is 0 Å². The van der Waals surface area contributed by atoms with Crippen molar-refractivity contribution in [2.75, 3.05) is 39.5 Å². The molecule has 1 aliphatic carbocycles. The molecule has 5 nitrogen and oxygen atoms in total. The smallest absolute Gasteiger partial charge is 0.283 e. The molecule has 0 bridgehead atoms. The minimum absolute atomic E-state index is 0.0344. The van der Waals surface area contributed by atoms with Gasteiger partial charge in [-0.25, -0.2) is 26.9 Å². The van der Waals surface area contributed by atoms with E-state index in [1.54, 1.807) is 13.0 Å². The topological polar surface area (TPSA) is 57.6 Å². The summed E-state index contributed by atoms with van der Waals surface area (Å²) in [4.78, 5) is 4.99. The normalized spacial score (nSPS) is 19.8. The number of ether oxygens (including phenoxy) is 1. The molecule has 37 heavy (non-hydrogen) atoms. The SMILES string of the molecule is C[C@@H]1CC2=C(Cc3ccc(F)cc32)[C@@H](c2c(F)cnc(OCCNCCCF)c2F)N1CC(F)(F)CO. The summed E-state index contributed by atoms with van der Waals surface area (Å²) in [5.74, 6) is -6.62. The second kappa shape index (κ2) is 11.4. The first-order chi connectivity index (χ1) is 17.7. The average molecular weight is 530 g/mol. The number of halogens is 6. The van der Waals surface area contributed by atoms with Crippen LogP contribution in [-0.4, -0.2) is 66.5 Å².